The summed E-state index contributed by atoms with van der Waals surface area (Å²) in [5.74, 6) is 0.0858. The highest BCUT2D eigenvalue weighted by Gasteiger charge is 2.60. The Morgan fingerprint density at radius 1 is 1.28 bits per heavy atom. The van der Waals surface area contributed by atoms with Crippen molar-refractivity contribution in [2.24, 2.45) is 11.3 Å². The monoisotopic (exact) mass is 346 g/mol. The third-order valence-electron chi connectivity index (χ3n) is 6.96. The van der Waals surface area contributed by atoms with E-state index < -0.39 is 23.2 Å². The molecule has 3 N–H and O–H groups in total. The fourth-order valence-corrected chi connectivity index (χ4v) is 5.30. The van der Waals surface area contributed by atoms with Crippen molar-refractivity contribution >= 4 is 5.78 Å². The van der Waals surface area contributed by atoms with Gasteiger partial charge < -0.3 is 15.3 Å². The maximum atomic E-state index is 12.1. The summed E-state index contributed by atoms with van der Waals surface area (Å²) < 4.78 is 0. The highest BCUT2D eigenvalue weighted by Crippen LogP contribution is 2.59. The molecule has 0 heterocycles. The maximum Gasteiger partial charge on any atom is 0.161 e. The largest absolute Gasteiger partial charge is 0.393 e. The van der Waals surface area contributed by atoms with Crippen molar-refractivity contribution in [2.45, 2.75) is 76.6 Å². The third-order valence-corrected chi connectivity index (χ3v) is 6.96. The zero-order valence-electron chi connectivity index (χ0n) is 15.3. The summed E-state index contributed by atoms with van der Waals surface area (Å²) in [6.45, 7) is 7.52. The summed E-state index contributed by atoms with van der Waals surface area (Å²) in [5.41, 5.74) is 1.23. The number of allylic oxidation sites excluding steroid dienone is 3. The molecular weight excluding hydrogens is 316 g/mol. The number of aliphatic hydroxyl groups is 3. The Kier molecular flexibility index (Phi) is 4.82. The Bertz CT molecular complexity index is 646. The minimum atomic E-state index is -1.22. The smallest absolute Gasteiger partial charge is 0.161 e. The van der Waals surface area contributed by atoms with Crippen LogP contribution >= 0.6 is 0 Å². The van der Waals surface area contributed by atoms with E-state index in [9.17, 15) is 20.1 Å². The van der Waals surface area contributed by atoms with Crippen molar-refractivity contribution in [1.82, 2.24) is 0 Å². The number of hydrogen-bond acceptors (Lipinski definition) is 4. The van der Waals surface area contributed by atoms with Gasteiger partial charge in [0.25, 0.3) is 0 Å². The molecule has 0 saturated heterocycles. The predicted octanol–water partition coefficient (Wildman–Crippen LogP) is 2.83. The first-order valence-electron chi connectivity index (χ1n) is 9.37. The van der Waals surface area contributed by atoms with Gasteiger partial charge in [0.1, 0.15) is 5.60 Å². The minimum absolute atomic E-state index is 0.121. The number of hydrogen-bond donors (Lipinski definition) is 3. The van der Waals surface area contributed by atoms with Gasteiger partial charge in [0, 0.05) is 11.8 Å². The zero-order valence-corrected chi connectivity index (χ0v) is 15.3. The highest BCUT2D eigenvalue weighted by molar-refractivity contribution is 5.86. The average molecular weight is 346 g/mol. The van der Waals surface area contributed by atoms with Gasteiger partial charge in [-0.05, 0) is 62.5 Å². The van der Waals surface area contributed by atoms with Crippen LogP contribution in [0.25, 0.3) is 0 Å². The van der Waals surface area contributed by atoms with Crippen molar-refractivity contribution in [2.75, 3.05) is 0 Å². The number of aliphatic hydroxyl groups excluding tert-OH is 2. The fourth-order valence-electron chi connectivity index (χ4n) is 5.30. The van der Waals surface area contributed by atoms with Gasteiger partial charge in [-0.1, -0.05) is 31.2 Å². The molecule has 3 fully saturated rings. The molecule has 5 atom stereocenters. The van der Waals surface area contributed by atoms with E-state index in [4.69, 9.17) is 0 Å². The van der Waals surface area contributed by atoms with Crippen LogP contribution in [0, 0.1) is 11.3 Å². The Hall–Kier alpha value is -1.23. The Morgan fingerprint density at radius 3 is 2.68 bits per heavy atom. The molecule has 0 radical (unpaired) electrons. The summed E-state index contributed by atoms with van der Waals surface area (Å²) in [5, 5.41) is 30.9. The standard InChI is InChI=1S/C21H30O4/c1-13-16(11-17(23)12-19(13)24)7-6-15-5-4-9-20(3)18(15)8-10-21(20,25)14(2)22/h6-7,17-19,23-25H,1,4-5,8-12H2,2-3H3/b15-6+,16-7+/t17-,18+,19+,20+,21+/m1/s1. The van der Waals surface area contributed by atoms with Gasteiger partial charge in [0.2, 0.25) is 0 Å². The Morgan fingerprint density at radius 2 is 2.00 bits per heavy atom. The van der Waals surface area contributed by atoms with Gasteiger partial charge in [-0.3, -0.25) is 4.79 Å². The number of carbonyl (C=O) groups excluding carboxylic acids is 1. The van der Waals surface area contributed by atoms with Crippen LogP contribution in [0.2, 0.25) is 0 Å². The van der Waals surface area contributed by atoms with Gasteiger partial charge in [-0.15, -0.1) is 0 Å². The van der Waals surface area contributed by atoms with Crippen molar-refractivity contribution in [3.63, 3.8) is 0 Å². The number of fused-ring (bicyclic) bond motifs is 1. The lowest BCUT2D eigenvalue weighted by Crippen LogP contribution is -2.51. The van der Waals surface area contributed by atoms with Gasteiger partial charge in [-0.2, -0.15) is 0 Å². The van der Waals surface area contributed by atoms with Crippen LogP contribution in [-0.2, 0) is 4.79 Å². The first kappa shape index (κ1) is 18.6. The maximum absolute atomic E-state index is 12.1. The second-order valence-electron chi connectivity index (χ2n) is 8.35. The molecule has 25 heavy (non-hydrogen) atoms. The van der Waals surface area contributed by atoms with E-state index in [0.717, 1.165) is 31.3 Å². The van der Waals surface area contributed by atoms with Crippen molar-refractivity contribution < 1.29 is 20.1 Å². The van der Waals surface area contributed by atoms with Crippen LogP contribution in [0.15, 0.2) is 35.5 Å². The van der Waals surface area contributed by atoms with Crippen LogP contribution in [0.5, 0.6) is 0 Å². The molecule has 0 bridgehead atoms. The van der Waals surface area contributed by atoms with Crippen LogP contribution in [-0.4, -0.2) is 38.9 Å². The van der Waals surface area contributed by atoms with Gasteiger partial charge >= 0.3 is 0 Å². The van der Waals surface area contributed by atoms with Crippen molar-refractivity contribution in [3.05, 3.63) is 35.5 Å². The molecule has 3 aliphatic rings. The lowest BCUT2D eigenvalue weighted by Gasteiger charge is -2.45. The second kappa shape index (κ2) is 6.49. The van der Waals surface area contributed by atoms with Crippen LogP contribution in [0.4, 0.5) is 0 Å². The summed E-state index contributed by atoms with van der Waals surface area (Å²) in [6, 6.07) is 0. The lowest BCUT2D eigenvalue weighted by molar-refractivity contribution is -0.149. The molecule has 0 aromatic rings. The number of rotatable bonds is 2. The zero-order chi connectivity index (χ0) is 18.4. The second-order valence-corrected chi connectivity index (χ2v) is 8.35. The first-order valence-corrected chi connectivity index (χ1v) is 9.37. The average Bonchev–Trinajstić information content (AvgIpc) is 2.83. The topological polar surface area (TPSA) is 77.8 Å². The quantitative estimate of drug-likeness (QED) is 0.718. The Labute approximate surface area is 149 Å². The van der Waals surface area contributed by atoms with E-state index in [0.29, 0.717) is 24.8 Å². The lowest BCUT2D eigenvalue weighted by atomic mass is 9.61. The predicted molar refractivity (Wildman–Crippen MR) is 96.9 cm³/mol. The van der Waals surface area contributed by atoms with E-state index in [1.54, 1.807) is 0 Å². The molecule has 3 rings (SSSR count). The molecule has 3 aliphatic carbocycles. The van der Waals surface area contributed by atoms with Gasteiger partial charge in [0.15, 0.2) is 5.78 Å². The normalized spacial score (nSPS) is 45.0. The molecule has 0 unspecified atom stereocenters. The SMILES string of the molecule is C=C1/C(=C/C=C2\CCC[C@@]3(C)[C@H]2CC[C@]3(O)C(C)=O)C[C@@H](O)C[C@@H]1O. The fraction of sp³-hybridized carbons (Fsp3) is 0.667. The molecule has 138 valence electrons. The first-order chi connectivity index (χ1) is 11.7. The summed E-state index contributed by atoms with van der Waals surface area (Å²) >= 11 is 0. The van der Waals surface area contributed by atoms with Crippen LogP contribution in [0.3, 0.4) is 0 Å². The molecule has 0 amide bonds. The number of carbonyl (C=O) groups is 1. The van der Waals surface area contributed by atoms with E-state index in [1.165, 1.54) is 12.5 Å². The Balaban J connectivity index is 1.88. The van der Waals surface area contributed by atoms with E-state index in [2.05, 4.69) is 19.6 Å². The molecule has 4 nitrogen and oxygen atoms in total. The van der Waals surface area contributed by atoms with E-state index in [-0.39, 0.29) is 11.7 Å². The molecule has 0 aliphatic heterocycles. The summed E-state index contributed by atoms with van der Waals surface area (Å²) in [4.78, 5) is 12.1. The van der Waals surface area contributed by atoms with E-state index in [1.807, 2.05) is 6.08 Å². The number of Topliss-reactive ketones (excluding diaryl/α,β-unsaturated/α-hetero) is 1. The van der Waals surface area contributed by atoms with Crippen LogP contribution < -0.4 is 0 Å². The summed E-state index contributed by atoms with van der Waals surface area (Å²) in [7, 11) is 0. The van der Waals surface area contributed by atoms with Crippen molar-refractivity contribution in [1.29, 1.82) is 0 Å². The minimum Gasteiger partial charge on any atom is -0.393 e. The molecule has 0 aromatic carbocycles. The molecule has 0 aromatic heterocycles. The highest BCUT2D eigenvalue weighted by atomic mass is 16.3. The molecule has 0 spiro atoms. The molecular formula is C21H30O4. The molecule has 4 heteroatoms. The van der Waals surface area contributed by atoms with Crippen LogP contribution in [0.1, 0.15) is 58.8 Å². The number of ketones is 1. The van der Waals surface area contributed by atoms with Gasteiger partial charge in [0.05, 0.1) is 12.2 Å². The van der Waals surface area contributed by atoms with Crippen molar-refractivity contribution in [3.8, 4) is 0 Å². The third kappa shape index (κ3) is 2.94. The summed E-state index contributed by atoms with van der Waals surface area (Å²) in [6.07, 6.45) is 7.85. The van der Waals surface area contributed by atoms with E-state index >= 15 is 0 Å². The van der Waals surface area contributed by atoms with Gasteiger partial charge in [-0.25, -0.2) is 0 Å². The molecule has 3 saturated carbocycles.